The van der Waals surface area contributed by atoms with Gasteiger partial charge >= 0.3 is 0 Å². The monoisotopic (exact) mass is 346 g/mol. The molecule has 1 aliphatic heterocycles. The quantitative estimate of drug-likeness (QED) is 0.843. The molecular weight excluding hydrogens is 324 g/mol. The van der Waals surface area contributed by atoms with E-state index in [0.29, 0.717) is 18.5 Å². The highest BCUT2D eigenvalue weighted by Crippen LogP contribution is 2.24. The second-order valence-corrected chi connectivity index (χ2v) is 9.71. The van der Waals surface area contributed by atoms with Gasteiger partial charge < -0.3 is 4.90 Å². The average Bonchev–Trinajstić information content (AvgIpc) is 2.78. The number of sulfone groups is 1. The number of nitrogens with one attached hydrogen (secondary N) is 1. The van der Waals surface area contributed by atoms with Crippen LogP contribution in [0.25, 0.3) is 0 Å². The van der Waals surface area contributed by atoms with Gasteiger partial charge in [0, 0.05) is 24.5 Å². The minimum Gasteiger partial charge on any atom is -0.371 e. The second-order valence-electron chi connectivity index (χ2n) is 5.64. The summed E-state index contributed by atoms with van der Waals surface area (Å²) in [5.41, 5.74) is 1.39. The predicted octanol–water partition coefficient (Wildman–Crippen LogP) is 1.46. The SMILES string of the molecule is CCCS(=O)(=O)Nc1ccc(N(C)C2CCS(=O)(=O)C2)cc1. The zero-order chi connectivity index (χ0) is 16.4. The van der Waals surface area contributed by atoms with Crippen molar-refractivity contribution in [2.45, 2.75) is 25.8 Å². The van der Waals surface area contributed by atoms with Crippen molar-refractivity contribution in [3.05, 3.63) is 24.3 Å². The highest BCUT2D eigenvalue weighted by Gasteiger charge is 2.30. The Morgan fingerprint density at radius 1 is 1.27 bits per heavy atom. The lowest BCUT2D eigenvalue weighted by Crippen LogP contribution is -2.32. The largest absolute Gasteiger partial charge is 0.371 e. The van der Waals surface area contributed by atoms with Crippen molar-refractivity contribution in [1.29, 1.82) is 0 Å². The van der Waals surface area contributed by atoms with E-state index in [-0.39, 0.29) is 23.3 Å². The predicted molar refractivity (Wildman–Crippen MR) is 89.6 cm³/mol. The summed E-state index contributed by atoms with van der Waals surface area (Å²) in [6.45, 7) is 1.81. The maximum atomic E-state index is 11.7. The highest BCUT2D eigenvalue weighted by molar-refractivity contribution is 7.92. The summed E-state index contributed by atoms with van der Waals surface area (Å²) in [5.74, 6) is 0.500. The van der Waals surface area contributed by atoms with Crippen LogP contribution in [-0.2, 0) is 19.9 Å². The Labute approximate surface area is 132 Å². The minimum atomic E-state index is -3.29. The van der Waals surface area contributed by atoms with Gasteiger partial charge in [-0.15, -0.1) is 0 Å². The van der Waals surface area contributed by atoms with Crippen LogP contribution in [0.15, 0.2) is 24.3 Å². The Morgan fingerprint density at radius 3 is 2.41 bits per heavy atom. The van der Waals surface area contributed by atoms with Crippen molar-refractivity contribution in [2.24, 2.45) is 0 Å². The van der Waals surface area contributed by atoms with Crippen LogP contribution in [0.4, 0.5) is 11.4 Å². The van der Waals surface area contributed by atoms with Gasteiger partial charge in [-0.05, 0) is 37.1 Å². The Balaban J connectivity index is 2.06. The van der Waals surface area contributed by atoms with Gasteiger partial charge in [0.2, 0.25) is 10.0 Å². The Hall–Kier alpha value is -1.28. The van der Waals surface area contributed by atoms with Crippen LogP contribution in [0.3, 0.4) is 0 Å². The number of hydrogen-bond donors (Lipinski definition) is 1. The fraction of sp³-hybridized carbons (Fsp3) is 0.571. The van der Waals surface area contributed by atoms with Gasteiger partial charge in [-0.3, -0.25) is 4.72 Å². The van der Waals surface area contributed by atoms with E-state index in [2.05, 4.69) is 4.72 Å². The van der Waals surface area contributed by atoms with Gasteiger partial charge in [0.25, 0.3) is 0 Å². The zero-order valence-electron chi connectivity index (χ0n) is 12.8. The van der Waals surface area contributed by atoms with Gasteiger partial charge in [0.05, 0.1) is 17.3 Å². The van der Waals surface area contributed by atoms with Crippen LogP contribution >= 0.6 is 0 Å². The second kappa shape index (κ2) is 6.45. The number of nitrogens with zero attached hydrogens (tertiary/aromatic N) is 1. The van der Waals surface area contributed by atoms with Crippen molar-refractivity contribution >= 4 is 31.2 Å². The standard InChI is InChI=1S/C14H22N2O4S2/c1-3-9-22(19,20)15-12-4-6-13(7-5-12)16(2)14-8-10-21(17,18)11-14/h4-7,14-15H,3,8-11H2,1-2H3. The molecule has 1 unspecified atom stereocenters. The lowest BCUT2D eigenvalue weighted by Gasteiger charge is -2.25. The first-order valence-corrected chi connectivity index (χ1v) is 10.7. The van der Waals surface area contributed by atoms with Crippen LogP contribution < -0.4 is 9.62 Å². The molecule has 0 saturated carbocycles. The number of rotatable bonds is 6. The first-order chi connectivity index (χ1) is 10.2. The molecule has 1 N–H and O–H groups in total. The van der Waals surface area contributed by atoms with Gasteiger partial charge in [0.1, 0.15) is 0 Å². The van der Waals surface area contributed by atoms with Crippen molar-refractivity contribution in [3.63, 3.8) is 0 Å². The summed E-state index contributed by atoms with van der Waals surface area (Å²) in [5, 5.41) is 0. The summed E-state index contributed by atoms with van der Waals surface area (Å²) < 4.78 is 49.0. The van der Waals surface area contributed by atoms with Crippen LogP contribution in [-0.4, -0.2) is 47.2 Å². The van der Waals surface area contributed by atoms with Gasteiger partial charge in [-0.2, -0.15) is 0 Å². The van der Waals surface area contributed by atoms with Crippen LogP contribution in [0, 0.1) is 0 Å². The van der Waals surface area contributed by atoms with Gasteiger partial charge in [-0.1, -0.05) is 6.92 Å². The van der Waals surface area contributed by atoms with Crippen LogP contribution in [0.1, 0.15) is 19.8 Å². The van der Waals surface area contributed by atoms with E-state index in [0.717, 1.165) is 5.69 Å². The Kier molecular flexibility index (Phi) is 5.01. The maximum absolute atomic E-state index is 11.7. The summed E-state index contributed by atoms with van der Waals surface area (Å²) in [4.78, 5) is 1.94. The fourth-order valence-electron chi connectivity index (χ4n) is 2.56. The topological polar surface area (TPSA) is 83.6 Å². The molecule has 6 nitrogen and oxygen atoms in total. The molecular formula is C14H22N2O4S2. The van der Waals surface area contributed by atoms with E-state index in [1.54, 1.807) is 24.3 Å². The third-order valence-electron chi connectivity index (χ3n) is 3.78. The Morgan fingerprint density at radius 2 is 1.91 bits per heavy atom. The summed E-state index contributed by atoms with van der Waals surface area (Å²) in [6, 6.07) is 6.97. The molecule has 1 heterocycles. The number of benzene rings is 1. The lowest BCUT2D eigenvalue weighted by atomic mass is 10.2. The number of hydrogen-bond acceptors (Lipinski definition) is 5. The van der Waals surface area contributed by atoms with E-state index in [1.807, 2.05) is 18.9 Å². The van der Waals surface area contributed by atoms with E-state index < -0.39 is 19.9 Å². The Bertz CT molecular complexity index is 712. The average molecular weight is 346 g/mol. The van der Waals surface area contributed by atoms with Gasteiger partial charge in [0.15, 0.2) is 9.84 Å². The molecule has 1 saturated heterocycles. The molecule has 8 heteroatoms. The molecule has 0 aromatic heterocycles. The van der Waals surface area contributed by atoms with Crippen LogP contribution in [0.2, 0.25) is 0 Å². The number of anilines is 2. The summed E-state index contributed by atoms with van der Waals surface area (Å²) in [7, 11) is -4.35. The molecule has 0 aliphatic carbocycles. The molecule has 1 fully saturated rings. The molecule has 1 aromatic rings. The summed E-state index contributed by atoms with van der Waals surface area (Å²) >= 11 is 0. The highest BCUT2D eigenvalue weighted by atomic mass is 32.2. The number of sulfonamides is 1. The molecule has 1 aromatic carbocycles. The summed E-state index contributed by atoms with van der Waals surface area (Å²) in [6.07, 6.45) is 1.19. The lowest BCUT2D eigenvalue weighted by molar-refractivity contribution is 0.598. The first-order valence-electron chi connectivity index (χ1n) is 7.26. The molecule has 2 rings (SSSR count). The third-order valence-corrected chi connectivity index (χ3v) is 7.02. The minimum absolute atomic E-state index is 0.0207. The molecule has 1 atom stereocenters. The van der Waals surface area contributed by atoms with Crippen molar-refractivity contribution < 1.29 is 16.8 Å². The van der Waals surface area contributed by atoms with Crippen molar-refractivity contribution in [3.8, 4) is 0 Å². The van der Waals surface area contributed by atoms with E-state index >= 15 is 0 Å². The van der Waals surface area contributed by atoms with Crippen molar-refractivity contribution in [1.82, 2.24) is 0 Å². The van der Waals surface area contributed by atoms with Crippen molar-refractivity contribution in [2.75, 3.05) is 33.9 Å². The van der Waals surface area contributed by atoms with Gasteiger partial charge in [-0.25, -0.2) is 16.8 Å². The fourth-order valence-corrected chi connectivity index (χ4v) is 5.46. The smallest absolute Gasteiger partial charge is 0.232 e. The zero-order valence-corrected chi connectivity index (χ0v) is 14.5. The first kappa shape index (κ1) is 17.1. The maximum Gasteiger partial charge on any atom is 0.232 e. The molecule has 22 heavy (non-hydrogen) atoms. The van der Waals surface area contributed by atoms with Crippen LogP contribution in [0.5, 0.6) is 0 Å². The third kappa shape index (κ3) is 4.36. The normalized spacial score (nSPS) is 20.7. The van der Waals surface area contributed by atoms with E-state index in [1.165, 1.54) is 0 Å². The molecule has 0 amide bonds. The molecule has 0 bridgehead atoms. The molecule has 0 radical (unpaired) electrons. The molecule has 1 aliphatic rings. The molecule has 0 spiro atoms. The van der Waals surface area contributed by atoms with E-state index in [9.17, 15) is 16.8 Å². The molecule has 124 valence electrons. The van der Waals surface area contributed by atoms with E-state index in [4.69, 9.17) is 0 Å².